The molecule has 2 aromatic rings. The number of hydrogen-bond acceptors (Lipinski definition) is 7. The number of carbonyl (C=O) groups excluding carboxylic acids is 2. The molecule has 0 radical (unpaired) electrons. The van der Waals surface area contributed by atoms with Gasteiger partial charge in [-0.05, 0) is 43.3 Å². The van der Waals surface area contributed by atoms with Crippen LogP contribution in [0.25, 0.3) is 6.08 Å². The smallest absolute Gasteiger partial charge is 0.363 e. The Kier molecular flexibility index (Phi) is 5.51. The monoisotopic (exact) mass is 366 g/mol. The normalized spacial score (nSPS) is 14.6. The first kappa shape index (κ1) is 18.2. The second-order valence-corrected chi connectivity index (χ2v) is 5.49. The highest BCUT2D eigenvalue weighted by Crippen LogP contribution is 2.25. The Bertz CT molecular complexity index is 914. The molecule has 0 fully saturated rings. The van der Waals surface area contributed by atoms with Crippen molar-refractivity contribution in [3.05, 3.63) is 65.4 Å². The summed E-state index contributed by atoms with van der Waals surface area (Å²) in [6, 6.07) is 13.7. The first-order chi connectivity index (χ1) is 13.1. The van der Waals surface area contributed by atoms with Crippen molar-refractivity contribution in [2.24, 2.45) is 4.99 Å². The fourth-order valence-corrected chi connectivity index (χ4v) is 2.41. The highest BCUT2D eigenvalue weighted by Gasteiger charge is 2.24. The molecular weight excluding hydrogens is 350 g/mol. The van der Waals surface area contributed by atoms with Crippen molar-refractivity contribution in [1.29, 1.82) is 0 Å². The van der Waals surface area contributed by atoms with Crippen molar-refractivity contribution in [3.63, 3.8) is 0 Å². The van der Waals surface area contributed by atoms with E-state index in [0.717, 1.165) is 0 Å². The molecule has 0 amide bonds. The second kappa shape index (κ2) is 8.18. The first-order valence-corrected chi connectivity index (χ1v) is 8.24. The molecular formula is C20H16NO6-. The summed E-state index contributed by atoms with van der Waals surface area (Å²) in [5.74, 6) is -0.753. The van der Waals surface area contributed by atoms with Crippen LogP contribution < -0.4 is 14.6 Å². The molecule has 0 atom stereocenters. The molecule has 0 saturated heterocycles. The van der Waals surface area contributed by atoms with Crippen molar-refractivity contribution >= 4 is 23.9 Å². The molecule has 0 aromatic heterocycles. The average molecular weight is 366 g/mol. The minimum absolute atomic E-state index is 0.0865. The van der Waals surface area contributed by atoms with Crippen molar-refractivity contribution in [1.82, 2.24) is 0 Å². The molecule has 0 N–H and O–H groups in total. The molecule has 0 saturated carbocycles. The molecule has 27 heavy (non-hydrogen) atoms. The number of cyclic esters (lactones) is 1. The molecule has 0 spiro atoms. The maximum atomic E-state index is 12.1. The van der Waals surface area contributed by atoms with Crippen LogP contribution in [0.4, 0.5) is 0 Å². The Labute approximate surface area is 155 Å². The Hall–Kier alpha value is -3.61. The van der Waals surface area contributed by atoms with Gasteiger partial charge < -0.3 is 24.1 Å². The van der Waals surface area contributed by atoms with Crippen LogP contribution in [0.1, 0.15) is 18.1 Å². The van der Waals surface area contributed by atoms with Crippen LogP contribution in [-0.2, 0) is 14.3 Å². The SMILES string of the molecule is CCOc1ccc(C2=N/C(=C\c3ccccc3OCC(=O)[O-])C(=O)O2)cc1. The van der Waals surface area contributed by atoms with E-state index in [-0.39, 0.29) is 11.6 Å². The molecule has 7 nitrogen and oxygen atoms in total. The molecule has 1 heterocycles. The zero-order valence-corrected chi connectivity index (χ0v) is 14.5. The van der Waals surface area contributed by atoms with Crippen LogP contribution in [-0.4, -0.2) is 31.1 Å². The number of carboxylic acids is 1. The number of rotatable bonds is 7. The molecule has 3 rings (SSSR count). The molecule has 7 heteroatoms. The van der Waals surface area contributed by atoms with Gasteiger partial charge in [0.1, 0.15) is 18.1 Å². The molecule has 138 valence electrons. The Morgan fingerprint density at radius 2 is 1.89 bits per heavy atom. The molecule has 1 aliphatic rings. The summed E-state index contributed by atoms with van der Waals surface area (Å²) in [4.78, 5) is 27.0. The van der Waals surface area contributed by atoms with E-state index in [4.69, 9.17) is 14.2 Å². The van der Waals surface area contributed by atoms with Gasteiger partial charge in [-0.15, -0.1) is 0 Å². The van der Waals surface area contributed by atoms with E-state index >= 15 is 0 Å². The van der Waals surface area contributed by atoms with Crippen LogP contribution in [0.3, 0.4) is 0 Å². The topological polar surface area (TPSA) is 97.3 Å². The van der Waals surface area contributed by atoms with Crippen LogP contribution in [0, 0.1) is 0 Å². The van der Waals surface area contributed by atoms with Gasteiger partial charge in [0.25, 0.3) is 0 Å². The lowest BCUT2D eigenvalue weighted by atomic mass is 10.1. The largest absolute Gasteiger partial charge is 0.546 e. The van der Waals surface area contributed by atoms with E-state index in [0.29, 0.717) is 29.2 Å². The maximum absolute atomic E-state index is 12.1. The Morgan fingerprint density at radius 1 is 1.15 bits per heavy atom. The zero-order chi connectivity index (χ0) is 19.2. The van der Waals surface area contributed by atoms with Crippen LogP contribution >= 0.6 is 0 Å². The number of hydrogen-bond donors (Lipinski definition) is 0. The van der Waals surface area contributed by atoms with Crippen molar-refractivity contribution < 1.29 is 28.9 Å². The fourth-order valence-electron chi connectivity index (χ4n) is 2.41. The summed E-state index contributed by atoms with van der Waals surface area (Å²) in [6.45, 7) is 1.86. The minimum atomic E-state index is -1.34. The number of esters is 1. The number of aliphatic imine (C=N–C) groups is 1. The third-order valence-corrected chi connectivity index (χ3v) is 3.59. The number of para-hydroxylation sites is 1. The lowest BCUT2D eigenvalue weighted by Gasteiger charge is -2.09. The quantitative estimate of drug-likeness (QED) is 0.545. The number of nitrogens with zero attached hydrogens (tertiary/aromatic N) is 1. The highest BCUT2D eigenvalue weighted by atomic mass is 16.6. The summed E-state index contributed by atoms with van der Waals surface area (Å²) in [5, 5.41) is 10.6. The predicted octanol–water partition coefficient (Wildman–Crippen LogP) is 1.56. The number of carboxylic acid groups (broad SMARTS) is 1. The van der Waals surface area contributed by atoms with Crippen molar-refractivity contribution in [2.75, 3.05) is 13.2 Å². The molecule has 0 unspecified atom stereocenters. The van der Waals surface area contributed by atoms with E-state index in [1.54, 1.807) is 48.5 Å². The molecule has 0 bridgehead atoms. The highest BCUT2D eigenvalue weighted by molar-refractivity contribution is 6.13. The summed E-state index contributed by atoms with van der Waals surface area (Å²) in [7, 11) is 0. The third-order valence-electron chi connectivity index (χ3n) is 3.59. The Morgan fingerprint density at radius 3 is 2.59 bits per heavy atom. The van der Waals surface area contributed by atoms with E-state index in [9.17, 15) is 14.7 Å². The fraction of sp³-hybridized carbons (Fsp3) is 0.150. The average Bonchev–Trinajstić information content (AvgIpc) is 3.02. The van der Waals surface area contributed by atoms with E-state index < -0.39 is 18.5 Å². The Balaban J connectivity index is 1.85. The molecule has 1 aliphatic heterocycles. The van der Waals surface area contributed by atoms with Gasteiger partial charge in [0.2, 0.25) is 5.90 Å². The number of ether oxygens (including phenoxy) is 3. The van der Waals surface area contributed by atoms with Crippen molar-refractivity contribution in [3.8, 4) is 11.5 Å². The lowest BCUT2D eigenvalue weighted by molar-refractivity contribution is -0.307. The molecule has 2 aromatic carbocycles. The second-order valence-electron chi connectivity index (χ2n) is 5.49. The minimum Gasteiger partial charge on any atom is -0.546 e. The summed E-state index contributed by atoms with van der Waals surface area (Å²) in [6.07, 6.45) is 1.48. The predicted molar refractivity (Wildman–Crippen MR) is 95.2 cm³/mol. The number of benzene rings is 2. The number of carbonyl (C=O) groups is 2. The summed E-state index contributed by atoms with van der Waals surface area (Å²) in [5.41, 5.74) is 1.22. The van der Waals surface area contributed by atoms with Gasteiger partial charge in [0.05, 0.1) is 12.6 Å². The third kappa shape index (κ3) is 4.52. The van der Waals surface area contributed by atoms with Crippen molar-refractivity contribution in [2.45, 2.75) is 6.92 Å². The van der Waals surface area contributed by atoms with Crippen LogP contribution in [0.2, 0.25) is 0 Å². The van der Waals surface area contributed by atoms with E-state index in [2.05, 4.69) is 4.99 Å². The standard InChI is InChI=1S/C20H17NO6/c1-2-25-15-9-7-13(8-10-15)19-21-16(20(24)27-19)11-14-5-3-4-6-17(14)26-12-18(22)23/h3-11H,2,12H2,1H3,(H,22,23)/p-1/b16-11-. The van der Waals surface area contributed by atoms with E-state index in [1.165, 1.54) is 6.08 Å². The van der Waals surface area contributed by atoms with Gasteiger partial charge in [-0.2, -0.15) is 0 Å². The maximum Gasteiger partial charge on any atom is 0.363 e. The van der Waals surface area contributed by atoms with Crippen LogP contribution in [0.15, 0.2) is 59.2 Å². The summed E-state index contributed by atoms with van der Waals surface area (Å²) < 4.78 is 15.8. The summed E-state index contributed by atoms with van der Waals surface area (Å²) >= 11 is 0. The first-order valence-electron chi connectivity index (χ1n) is 8.24. The zero-order valence-electron chi connectivity index (χ0n) is 14.5. The van der Waals surface area contributed by atoms with Crippen LogP contribution in [0.5, 0.6) is 11.5 Å². The molecule has 0 aliphatic carbocycles. The van der Waals surface area contributed by atoms with Gasteiger partial charge in [0, 0.05) is 11.1 Å². The van der Waals surface area contributed by atoms with Gasteiger partial charge in [0.15, 0.2) is 5.70 Å². The van der Waals surface area contributed by atoms with Gasteiger partial charge in [-0.3, -0.25) is 0 Å². The lowest BCUT2D eigenvalue weighted by Crippen LogP contribution is -2.29. The van der Waals surface area contributed by atoms with Gasteiger partial charge in [-0.25, -0.2) is 9.79 Å². The van der Waals surface area contributed by atoms with Gasteiger partial charge in [-0.1, -0.05) is 18.2 Å². The van der Waals surface area contributed by atoms with E-state index in [1.807, 2.05) is 6.92 Å². The van der Waals surface area contributed by atoms with Gasteiger partial charge >= 0.3 is 5.97 Å². The number of aliphatic carboxylic acids is 1.